The van der Waals surface area contributed by atoms with E-state index in [4.69, 9.17) is 9.84 Å². The van der Waals surface area contributed by atoms with Gasteiger partial charge in [0, 0.05) is 13.1 Å². The Hall–Kier alpha value is -1.53. The molecular formula is C14H18N2O3S. The molecule has 1 fully saturated rings. The van der Waals surface area contributed by atoms with Crippen molar-refractivity contribution in [2.45, 2.75) is 12.2 Å². The van der Waals surface area contributed by atoms with Crippen LogP contribution in [0.4, 0.5) is 5.69 Å². The highest BCUT2D eigenvalue weighted by Gasteiger charge is 2.21. The lowest BCUT2D eigenvalue weighted by molar-refractivity contribution is -0.136. The second-order valence-electron chi connectivity index (χ2n) is 4.43. The van der Waals surface area contributed by atoms with Crippen molar-refractivity contribution >= 4 is 28.6 Å². The molecule has 0 radical (unpaired) electrons. The Labute approximate surface area is 122 Å². The Bertz CT molecular complexity index is 473. The summed E-state index contributed by atoms with van der Waals surface area (Å²) in [6.07, 6.45) is 0. The van der Waals surface area contributed by atoms with Gasteiger partial charge in [0.2, 0.25) is 0 Å². The molecule has 0 aromatic heterocycles. The molecule has 0 bridgehead atoms. The maximum absolute atomic E-state index is 11.1. The normalized spacial score (nSPS) is 17.9. The molecule has 1 heterocycles. The quantitative estimate of drug-likeness (QED) is 0.684. The number of rotatable bonds is 3. The minimum Gasteiger partial charge on any atom is -0.480 e. The van der Waals surface area contributed by atoms with Gasteiger partial charge in [-0.2, -0.15) is 0 Å². The fraction of sp³-hybridized carbons (Fsp3) is 0.429. The van der Waals surface area contributed by atoms with Crippen LogP contribution in [0.1, 0.15) is 6.92 Å². The Kier molecular flexibility index (Phi) is 5.43. The molecule has 1 aromatic carbocycles. The Morgan fingerprint density at radius 1 is 1.35 bits per heavy atom. The maximum atomic E-state index is 11.1. The van der Waals surface area contributed by atoms with Crippen LogP contribution in [0.15, 0.2) is 35.3 Å². The lowest BCUT2D eigenvalue weighted by Gasteiger charge is -2.30. The highest BCUT2D eigenvalue weighted by molar-refractivity contribution is 8.14. The number of morpholine rings is 1. The third kappa shape index (κ3) is 4.25. The number of benzene rings is 1. The number of thioether (sulfide) groups is 1. The number of hydrogen-bond donors (Lipinski definition) is 1. The average molecular weight is 294 g/mol. The van der Waals surface area contributed by atoms with Crippen LogP contribution in [-0.2, 0) is 9.53 Å². The van der Waals surface area contributed by atoms with Crippen molar-refractivity contribution in [2.24, 2.45) is 4.99 Å². The van der Waals surface area contributed by atoms with Crippen molar-refractivity contribution in [3.05, 3.63) is 30.3 Å². The second-order valence-corrected chi connectivity index (χ2v) is 5.74. The molecule has 20 heavy (non-hydrogen) atoms. The predicted molar refractivity (Wildman–Crippen MR) is 80.6 cm³/mol. The van der Waals surface area contributed by atoms with Crippen LogP contribution in [0.2, 0.25) is 0 Å². The zero-order valence-electron chi connectivity index (χ0n) is 11.4. The number of amidine groups is 1. The summed E-state index contributed by atoms with van der Waals surface area (Å²) in [6, 6.07) is 9.58. The number of para-hydroxylation sites is 1. The molecule has 1 atom stereocenters. The Morgan fingerprint density at radius 3 is 2.60 bits per heavy atom. The molecule has 0 spiro atoms. The van der Waals surface area contributed by atoms with E-state index in [2.05, 4.69) is 9.89 Å². The predicted octanol–water partition coefficient (Wildman–Crippen LogP) is 2.21. The van der Waals surface area contributed by atoms with Gasteiger partial charge >= 0.3 is 5.97 Å². The summed E-state index contributed by atoms with van der Waals surface area (Å²) in [6.45, 7) is 4.45. The molecule has 0 saturated carbocycles. The van der Waals surface area contributed by atoms with Crippen molar-refractivity contribution in [1.82, 2.24) is 4.90 Å². The summed E-state index contributed by atoms with van der Waals surface area (Å²) in [7, 11) is 0. The zero-order chi connectivity index (χ0) is 14.4. The molecular weight excluding hydrogens is 276 g/mol. The summed E-state index contributed by atoms with van der Waals surface area (Å²) in [5.41, 5.74) is 0.832. The van der Waals surface area contributed by atoms with E-state index in [-0.39, 0.29) is 0 Å². The maximum Gasteiger partial charge on any atom is 0.316 e. The molecule has 0 amide bonds. The number of aliphatic carboxylic acids is 1. The molecule has 1 aromatic rings. The van der Waals surface area contributed by atoms with Gasteiger partial charge in [-0.15, -0.1) is 0 Å². The van der Waals surface area contributed by atoms with E-state index in [1.807, 2.05) is 30.3 Å². The fourth-order valence-electron chi connectivity index (χ4n) is 1.75. The molecule has 1 N–H and O–H groups in total. The van der Waals surface area contributed by atoms with Gasteiger partial charge in [0.25, 0.3) is 0 Å². The Balaban J connectivity index is 2.18. The van der Waals surface area contributed by atoms with Crippen molar-refractivity contribution in [3.8, 4) is 0 Å². The van der Waals surface area contributed by atoms with E-state index in [0.29, 0.717) is 13.2 Å². The molecule has 5 nitrogen and oxygen atoms in total. The number of nitrogens with zero attached hydrogens (tertiary/aromatic N) is 2. The highest BCUT2D eigenvalue weighted by Crippen LogP contribution is 2.21. The van der Waals surface area contributed by atoms with Crippen molar-refractivity contribution in [2.75, 3.05) is 26.3 Å². The Morgan fingerprint density at radius 2 is 2.00 bits per heavy atom. The molecule has 1 aliphatic heterocycles. The van der Waals surface area contributed by atoms with Crippen LogP contribution in [0.25, 0.3) is 0 Å². The van der Waals surface area contributed by atoms with Gasteiger partial charge < -0.3 is 14.7 Å². The number of aliphatic imine (C=N–C) groups is 1. The number of carboxylic acid groups (broad SMARTS) is 1. The minimum atomic E-state index is -0.830. The fourth-order valence-corrected chi connectivity index (χ4v) is 2.65. The summed E-state index contributed by atoms with van der Waals surface area (Å²) < 4.78 is 5.33. The monoisotopic (exact) mass is 294 g/mol. The van der Waals surface area contributed by atoms with E-state index < -0.39 is 11.2 Å². The van der Waals surface area contributed by atoms with Crippen LogP contribution in [0.5, 0.6) is 0 Å². The second kappa shape index (κ2) is 7.31. The van der Waals surface area contributed by atoms with Crippen LogP contribution in [0.3, 0.4) is 0 Å². The smallest absolute Gasteiger partial charge is 0.316 e. The summed E-state index contributed by atoms with van der Waals surface area (Å²) in [5, 5.41) is 9.29. The number of carbonyl (C=O) groups is 1. The van der Waals surface area contributed by atoms with Gasteiger partial charge in [0.15, 0.2) is 5.17 Å². The summed E-state index contributed by atoms with van der Waals surface area (Å²) in [5.74, 6) is -0.830. The first kappa shape index (κ1) is 14.9. The topological polar surface area (TPSA) is 62.1 Å². The lowest BCUT2D eigenvalue weighted by Crippen LogP contribution is -2.40. The minimum absolute atomic E-state index is 0.527. The van der Waals surface area contributed by atoms with E-state index in [0.717, 1.165) is 23.9 Å². The molecule has 1 saturated heterocycles. The third-order valence-electron chi connectivity index (χ3n) is 2.89. The van der Waals surface area contributed by atoms with Crippen LogP contribution >= 0.6 is 11.8 Å². The number of hydrogen-bond acceptors (Lipinski definition) is 4. The lowest BCUT2D eigenvalue weighted by atomic mass is 10.3. The number of ether oxygens (including phenoxy) is 1. The van der Waals surface area contributed by atoms with Crippen LogP contribution < -0.4 is 0 Å². The first-order valence-corrected chi connectivity index (χ1v) is 7.40. The molecule has 1 aliphatic rings. The van der Waals surface area contributed by atoms with Crippen molar-refractivity contribution in [3.63, 3.8) is 0 Å². The van der Waals surface area contributed by atoms with Gasteiger partial charge in [-0.3, -0.25) is 4.79 Å². The molecule has 0 unspecified atom stereocenters. The van der Waals surface area contributed by atoms with Gasteiger partial charge in [0.1, 0.15) is 5.25 Å². The number of carboxylic acids is 1. The van der Waals surface area contributed by atoms with Crippen LogP contribution in [-0.4, -0.2) is 52.7 Å². The first-order chi connectivity index (χ1) is 9.66. The summed E-state index contributed by atoms with van der Waals surface area (Å²) in [4.78, 5) is 17.7. The van der Waals surface area contributed by atoms with E-state index in [1.54, 1.807) is 6.92 Å². The molecule has 0 aliphatic carbocycles. The van der Waals surface area contributed by atoms with Gasteiger partial charge in [-0.1, -0.05) is 30.0 Å². The van der Waals surface area contributed by atoms with Crippen LogP contribution in [0, 0.1) is 0 Å². The zero-order valence-corrected chi connectivity index (χ0v) is 12.2. The standard InChI is InChI=1S/C14H18N2O3S/c1-11(13(17)18)20-14(16-7-9-19-10-8-16)15-12-5-3-2-4-6-12/h2-6,11H,7-10H2,1H3,(H,17,18)/t11-/m1/s1. The van der Waals surface area contributed by atoms with Crippen molar-refractivity contribution in [1.29, 1.82) is 0 Å². The molecule has 108 valence electrons. The first-order valence-electron chi connectivity index (χ1n) is 6.52. The van der Waals surface area contributed by atoms with Gasteiger partial charge in [-0.05, 0) is 19.1 Å². The van der Waals surface area contributed by atoms with E-state index >= 15 is 0 Å². The van der Waals surface area contributed by atoms with Gasteiger partial charge in [-0.25, -0.2) is 4.99 Å². The van der Waals surface area contributed by atoms with E-state index in [9.17, 15) is 4.79 Å². The van der Waals surface area contributed by atoms with E-state index in [1.165, 1.54) is 11.8 Å². The molecule has 6 heteroatoms. The molecule has 2 rings (SSSR count). The highest BCUT2D eigenvalue weighted by atomic mass is 32.2. The SMILES string of the molecule is C[C@@H](SC(=Nc1ccccc1)N1CCOCC1)C(=O)O. The third-order valence-corrected chi connectivity index (χ3v) is 4.01. The van der Waals surface area contributed by atoms with Gasteiger partial charge in [0.05, 0.1) is 18.9 Å². The van der Waals surface area contributed by atoms with Crippen molar-refractivity contribution < 1.29 is 14.6 Å². The largest absolute Gasteiger partial charge is 0.480 e. The average Bonchev–Trinajstić information content (AvgIpc) is 2.48. The summed E-state index contributed by atoms with van der Waals surface area (Å²) >= 11 is 1.27.